The number of carboxylic acid groups (broad SMARTS) is 1. The minimum absolute atomic E-state index is 0. The van der Waals surface area contributed by atoms with E-state index in [0.717, 1.165) is 0 Å². The molecule has 0 unspecified atom stereocenters. The summed E-state index contributed by atoms with van der Waals surface area (Å²) in [5.41, 5.74) is 4.57. The van der Waals surface area contributed by atoms with Gasteiger partial charge in [0.2, 0.25) is 0 Å². The first kappa shape index (κ1) is 23.9. The molecule has 0 amide bonds. The third kappa shape index (κ3) is 288. The second-order valence-electron chi connectivity index (χ2n) is 1.05. The van der Waals surface area contributed by atoms with Crippen LogP contribution in [0.1, 0.15) is 0 Å². The quantitative estimate of drug-likeness (QED) is 0.450. The van der Waals surface area contributed by atoms with E-state index in [-0.39, 0.29) is 32.7 Å². The molecule has 0 bridgehead atoms. The van der Waals surface area contributed by atoms with Gasteiger partial charge in [-0.2, -0.15) is 0 Å². The van der Waals surface area contributed by atoms with Crippen molar-refractivity contribution in [3.8, 4) is 0 Å². The van der Waals surface area contributed by atoms with Gasteiger partial charge in [0.25, 0.3) is 16.5 Å². The van der Waals surface area contributed by atoms with E-state index in [1.807, 2.05) is 0 Å². The first-order valence-corrected chi connectivity index (χ1v) is 4.48. The van der Waals surface area contributed by atoms with Crippen LogP contribution < -0.4 is 25.3 Å². The van der Waals surface area contributed by atoms with Gasteiger partial charge < -0.3 is 30.4 Å². The van der Waals surface area contributed by atoms with Gasteiger partial charge in [0.15, 0.2) is 0 Å². The normalized spacial score (nSPS) is 6.36. The zero-order valence-electron chi connectivity index (χ0n) is 6.48. The third-order valence-electron chi connectivity index (χ3n) is 0.175. The number of rotatable bonds is 1. The number of nitrogens with two attached hydrogens (primary N) is 1. The molecular formula is C2H5NO8P2Zr+2. The van der Waals surface area contributed by atoms with Crippen molar-refractivity contribution in [2.45, 2.75) is 0 Å². The molecule has 0 heterocycles. The van der Waals surface area contributed by atoms with Gasteiger partial charge in [-0.15, -0.1) is 0 Å². The third-order valence-corrected chi connectivity index (χ3v) is 0.175. The molecule has 0 aromatic carbocycles. The number of carbonyl (C=O) groups is 1. The average molecular weight is 324 g/mol. The van der Waals surface area contributed by atoms with Gasteiger partial charge in [-0.05, 0) is 0 Å². The van der Waals surface area contributed by atoms with Crippen molar-refractivity contribution in [3.63, 3.8) is 0 Å². The molecule has 0 saturated carbocycles. The fraction of sp³-hybridized carbons (Fsp3) is 0.500. The zero-order valence-corrected chi connectivity index (χ0v) is 10.7. The van der Waals surface area contributed by atoms with Crippen molar-refractivity contribution in [2.24, 2.45) is 5.73 Å². The molecule has 0 rings (SSSR count). The zero-order chi connectivity index (χ0) is 11.4. The van der Waals surface area contributed by atoms with Crippen LogP contribution in [-0.2, 0) is 40.1 Å². The van der Waals surface area contributed by atoms with Crippen LogP contribution in [0.25, 0.3) is 0 Å². The van der Waals surface area contributed by atoms with Crippen LogP contribution in [0.3, 0.4) is 0 Å². The van der Waals surface area contributed by atoms with Crippen molar-refractivity contribution in [1.82, 2.24) is 0 Å². The summed E-state index contributed by atoms with van der Waals surface area (Å²) >= 11 is 0. The Morgan fingerprint density at radius 3 is 1.21 bits per heavy atom. The molecule has 0 aliphatic rings. The predicted octanol–water partition coefficient (Wildman–Crippen LogP) is -4.24. The Balaban J connectivity index is -0.0000000522. The van der Waals surface area contributed by atoms with E-state index >= 15 is 0 Å². The van der Waals surface area contributed by atoms with E-state index in [1.165, 1.54) is 0 Å². The summed E-state index contributed by atoms with van der Waals surface area (Å²) in [5.74, 6) is -0.968. The van der Waals surface area contributed by atoms with E-state index < -0.39 is 22.5 Å². The summed E-state index contributed by atoms with van der Waals surface area (Å²) in [7, 11) is -6.74. The van der Waals surface area contributed by atoms with Crippen molar-refractivity contribution in [1.29, 1.82) is 0 Å². The summed E-state index contributed by atoms with van der Waals surface area (Å²) in [6, 6.07) is 0. The summed E-state index contributed by atoms with van der Waals surface area (Å²) in [6.45, 7) is -0.278. The second kappa shape index (κ2) is 19.0. The fourth-order valence-electron chi connectivity index (χ4n) is 0. The Morgan fingerprint density at radius 1 is 1.14 bits per heavy atom. The average Bonchev–Trinajstić information content (AvgIpc) is 1.84. The molecule has 12 heteroatoms. The maximum atomic E-state index is 9.24. The molecule has 0 aromatic rings. The molecule has 0 aliphatic carbocycles. The van der Waals surface area contributed by atoms with E-state index in [4.69, 9.17) is 33.8 Å². The molecule has 0 spiro atoms. The number of aliphatic carboxylic acids is 1. The van der Waals surface area contributed by atoms with Crippen LogP contribution in [0.5, 0.6) is 0 Å². The van der Waals surface area contributed by atoms with Crippen molar-refractivity contribution < 1.29 is 64.8 Å². The Kier molecular flexibility index (Phi) is 32.4. The van der Waals surface area contributed by atoms with Crippen LogP contribution in [-0.4, -0.2) is 17.6 Å². The van der Waals surface area contributed by atoms with Crippen LogP contribution in [0, 0.1) is 0 Å². The van der Waals surface area contributed by atoms with Crippen LogP contribution >= 0.6 is 16.5 Å². The van der Waals surface area contributed by atoms with E-state index in [2.05, 4.69) is 5.73 Å². The first-order chi connectivity index (χ1) is 5.73. The Labute approximate surface area is 99.6 Å². The minimum Gasteiger partial charge on any atom is -0.598 e. The SMILES string of the molecule is NCC(=O)O.O=[P+]([O-])[O-].O=[P+]([O-])[O-].[Zr+4]. The van der Waals surface area contributed by atoms with Crippen molar-refractivity contribution in [2.75, 3.05) is 6.54 Å². The summed E-state index contributed by atoms with van der Waals surface area (Å²) in [4.78, 5) is 43.2. The van der Waals surface area contributed by atoms with Gasteiger partial charge in [0.05, 0.1) is 6.54 Å². The number of hydrogen-bond donors (Lipinski definition) is 2. The second-order valence-corrected chi connectivity index (χ2v) is 1.94. The molecule has 0 radical (unpaired) electrons. The molecule has 78 valence electrons. The Morgan fingerprint density at radius 2 is 1.21 bits per heavy atom. The monoisotopic (exact) mass is 323 g/mol. The number of carboxylic acids is 1. The van der Waals surface area contributed by atoms with E-state index in [9.17, 15) is 4.79 Å². The standard InChI is InChI=1S/C2H5NO2.2HO3P.Zr/c3-1-2(4)5;2*1-4(2)3;/h1,3H2,(H,4,5);2*(H,1,2,3);/q;;;+4/p-2. The smallest absolute Gasteiger partial charge is 0.598 e. The Hall–Kier alpha value is 0.353. The molecular weight excluding hydrogens is 319 g/mol. The first-order valence-electron chi connectivity index (χ1n) is 2.28. The fourth-order valence-corrected chi connectivity index (χ4v) is 0. The molecule has 9 nitrogen and oxygen atoms in total. The molecule has 0 saturated heterocycles. The summed E-state index contributed by atoms with van der Waals surface area (Å²) in [5, 5.41) is 7.60. The van der Waals surface area contributed by atoms with E-state index in [0.29, 0.717) is 0 Å². The predicted molar refractivity (Wildman–Crippen MR) is 31.9 cm³/mol. The van der Waals surface area contributed by atoms with Gasteiger partial charge in [0.1, 0.15) is 0 Å². The van der Waals surface area contributed by atoms with Crippen molar-refractivity contribution >= 4 is 22.5 Å². The van der Waals surface area contributed by atoms with Gasteiger partial charge in [-0.25, -0.2) is 0 Å². The number of hydrogen-bond acceptors (Lipinski definition) is 8. The molecule has 14 heavy (non-hydrogen) atoms. The van der Waals surface area contributed by atoms with Crippen LogP contribution in [0.2, 0.25) is 0 Å². The van der Waals surface area contributed by atoms with Crippen LogP contribution in [0.15, 0.2) is 0 Å². The van der Waals surface area contributed by atoms with Gasteiger partial charge in [0, 0.05) is 0 Å². The topological polar surface area (TPSA) is 190 Å². The Bertz CT molecular complexity index is 155. The van der Waals surface area contributed by atoms with Crippen LogP contribution in [0.4, 0.5) is 0 Å². The maximum Gasteiger partial charge on any atom is 4.00 e. The molecule has 0 aliphatic heterocycles. The summed E-state index contributed by atoms with van der Waals surface area (Å²) in [6.07, 6.45) is 0. The largest absolute Gasteiger partial charge is 4.00 e. The minimum atomic E-state index is -3.37. The molecule has 0 fully saturated rings. The van der Waals surface area contributed by atoms with Gasteiger partial charge in [-0.1, -0.05) is 9.13 Å². The van der Waals surface area contributed by atoms with E-state index in [1.54, 1.807) is 0 Å². The van der Waals surface area contributed by atoms with Crippen molar-refractivity contribution in [3.05, 3.63) is 0 Å². The molecule has 3 N–H and O–H groups in total. The molecule has 0 aromatic heterocycles. The maximum absolute atomic E-state index is 9.24. The van der Waals surface area contributed by atoms with Gasteiger partial charge in [-0.3, -0.25) is 4.79 Å². The van der Waals surface area contributed by atoms with Gasteiger partial charge >= 0.3 is 32.2 Å². The molecule has 0 atom stereocenters. The summed E-state index contributed by atoms with van der Waals surface area (Å²) < 4.78 is 17.0.